The van der Waals surface area contributed by atoms with Crippen molar-refractivity contribution in [2.24, 2.45) is 0 Å². The lowest BCUT2D eigenvalue weighted by Gasteiger charge is -2.23. The maximum Gasteiger partial charge on any atom is 0.281 e. The van der Waals surface area contributed by atoms with Gasteiger partial charge in [0.2, 0.25) is 0 Å². The van der Waals surface area contributed by atoms with Gasteiger partial charge in [0, 0.05) is 43.0 Å². The summed E-state index contributed by atoms with van der Waals surface area (Å²) in [5.74, 6) is -0.921. The van der Waals surface area contributed by atoms with Crippen LogP contribution in [0.15, 0.2) is 53.6 Å². The molecule has 36 heavy (non-hydrogen) atoms. The van der Waals surface area contributed by atoms with E-state index < -0.39 is 11.4 Å². The molecule has 2 aromatic carbocycles. The number of likely N-dealkylation sites (N-methyl/N-ethyl adjacent to an activating group) is 1. The maximum absolute atomic E-state index is 14.0. The van der Waals surface area contributed by atoms with Crippen LogP contribution in [0.4, 0.5) is 4.39 Å². The molecule has 0 unspecified atom stereocenters. The Morgan fingerprint density at radius 3 is 2.61 bits per heavy atom. The fourth-order valence-electron chi connectivity index (χ4n) is 5.20. The Bertz CT molecular complexity index is 1450. The Morgan fingerprint density at radius 2 is 1.92 bits per heavy atom. The van der Waals surface area contributed by atoms with Gasteiger partial charge in [-0.25, -0.2) is 4.39 Å². The summed E-state index contributed by atoms with van der Waals surface area (Å²) in [4.78, 5) is 20.7. The number of aryl methyl sites for hydroxylation is 2. The van der Waals surface area contributed by atoms with Crippen LogP contribution in [0.1, 0.15) is 29.5 Å². The van der Waals surface area contributed by atoms with E-state index in [1.54, 1.807) is 0 Å². The molecule has 1 fully saturated rings. The lowest BCUT2D eigenvalue weighted by Crippen LogP contribution is -2.35. The highest BCUT2D eigenvalue weighted by Crippen LogP contribution is 2.30. The predicted molar refractivity (Wildman–Crippen MR) is 139 cm³/mol. The summed E-state index contributed by atoms with van der Waals surface area (Å²) in [5, 5.41) is 18.1. The number of fused-ring (bicyclic) bond motifs is 1. The van der Waals surface area contributed by atoms with E-state index >= 15 is 0 Å². The minimum atomic E-state index is -0.648. The van der Waals surface area contributed by atoms with Gasteiger partial charge in [-0.15, -0.1) is 0 Å². The van der Waals surface area contributed by atoms with Gasteiger partial charge in [0.25, 0.3) is 5.56 Å². The number of rotatable bonds is 6. The highest BCUT2D eigenvalue weighted by molar-refractivity contribution is 5.87. The van der Waals surface area contributed by atoms with Crippen LogP contribution in [0.2, 0.25) is 0 Å². The fraction of sp³-hybridized carbons (Fsp3) is 0.321. The molecule has 0 amide bonds. The van der Waals surface area contributed by atoms with Crippen molar-refractivity contribution in [2.45, 2.75) is 39.3 Å². The molecule has 186 valence electrons. The average Bonchev–Trinajstić information content (AvgIpc) is 3.31. The summed E-state index contributed by atoms with van der Waals surface area (Å²) in [7, 11) is 2.06. The zero-order valence-corrected chi connectivity index (χ0v) is 20.8. The van der Waals surface area contributed by atoms with Crippen molar-refractivity contribution >= 4 is 10.9 Å². The molecule has 8 heteroatoms. The normalized spacial score (nSPS) is 15.8. The number of phenolic OH excluding ortho intramolecular Hbond substituents is 1. The first kappa shape index (κ1) is 24.1. The number of benzene rings is 2. The van der Waals surface area contributed by atoms with Crippen LogP contribution in [-0.2, 0) is 6.54 Å². The predicted octanol–water partition coefficient (Wildman–Crippen LogP) is 4.09. The van der Waals surface area contributed by atoms with Crippen molar-refractivity contribution in [3.8, 4) is 22.6 Å². The third-order valence-corrected chi connectivity index (χ3v) is 6.68. The first-order chi connectivity index (χ1) is 17.3. The lowest BCUT2D eigenvalue weighted by atomic mass is 9.95. The molecule has 0 saturated carbocycles. The van der Waals surface area contributed by atoms with Gasteiger partial charge in [-0.1, -0.05) is 29.3 Å². The molecule has 0 aliphatic carbocycles. The van der Waals surface area contributed by atoms with Crippen molar-refractivity contribution in [2.75, 3.05) is 20.1 Å². The summed E-state index contributed by atoms with van der Waals surface area (Å²) in [6.45, 7) is 6.52. The van der Waals surface area contributed by atoms with Crippen LogP contribution in [0.3, 0.4) is 0 Å². The van der Waals surface area contributed by atoms with Gasteiger partial charge < -0.3 is 15.3 Å². The van der Waals surface area contributed by atoms with Gasteiger partial charge in [-0.2, -0.15) is 9.78 Å². The summed E-state index contributed by atoms with van der Waals surface area (Å²) >= 11 is 0. The Morgan fingerprint density at radius 1 is 1.14 bits per heavy atom. The van der Waals surface area contributed by atoms with Crippen LogP contribution in [0, 0.1) is 19.7 Å². The molecule has 0 spiro atoms. The Kier molecular flexibility index (Phi) is 6.55. The minimum Gasteiger partial charge on any atom is -0.508 e. The third kappa shape index (κ3) is 4.87. The van der Waals surface area contributed by atoms with E-state index in [9.17, 15) is 14.3 Å². The number of aromatic nitrogens is 3. The van der Waals surface area contributed by atoms with Crippen LogP contribution < -0.4 is 10.9 Å². The van der Waals surface area contributed by atoms with Crippen molar-refractivity contribution in [3.05, 3.63) is 81.7 Å². The largest absolute Gasteiger partial charge is 0.508 e. The number of pyridine rings is 1. The second-order valence-electron chi connectivity index (χ2n) is 9.81. The van der Waals surface area contributed by atoms with Crippen molar-refractivity contribution in [1.29, 1.82) is 0 Å². The standard InChI is InChI=1S/C28H30FN5O2/c1-17-7-18(2)9-19(8-17)24-13-31-26-14-32-34(22-10-20(29)11-23(35)12-22)28(36)27(26)25(24)16-33(3)15-21-5-4-6-30-21/h7-14,21,30,35H,4-6,15-16H2,1-3H3/t21-/m0/s1. The number of nitrogens with one attached hydrogen (secondary N) is 1. The molecule has 4 aromatic rings. The van der Waals surface area contributed by atoms with Gasteiger partial charge in [-0.3, -0.25) is 9.78 Å². The minimum absolute atomic E-state index is 0.158. The van der Waals surface area contributed by atoms with E-state index in [2.05, 4.69) is 59.4 Å². The monoisotopic (exact) mass is 487 g/mol. The average molecular weight is 488 g/mol. The lowest BCUT2D eigenvalue weighted by molar-refractivity contribution is 0.294. The van der Waals surface area contributed by atoms with Crippen LogP contribution >= 0.6 is 0 Å². The smallest absolute Gasteiger partial charge is 0.281 e. The van der Waals surface area contributed by atoms with Crippen molar-refractivity contribution in [1.82, 2.24) is 25.0 Å². The van der Waals surface area contributed by atoms with E-state index in [-0.39, 0.29) is 11.4 Å². The molecule has 1 aliphatic heterocycles. The number of hydrogen-bond acceptors (Lipinski definition) is 6. The molecular weight excluding hydrogens is 457 g/mol. The first-order valence-electron chi connectivity index (χ1n) is 12.2. The highest BCUT2D eigenvalue weighted by Gasteiger charge is 2.21. The fourth-order valence-corrected chi connectivity index (χ4v) is 5.20. The van der Waals surface area contributed by atoms with E-state index in [0.717, 1.165) is 58.1 Å². The van der Waals surface area contributed by atoms with Crippen molar-refractivity contribution in [3.63, 3.8) is 0 Å². The Balaban J connectivity index is 1.71. The van der Waals surface area contributed by atoms with Crippen LogP contribution in [0.25, 0.3) is 27.7 Å². The van der Waals surface area contributed by atoms with Gasteiger partial charge in [-0.05, 0) is 57.5 Å². The van der Waals surface area contributed by atoms with Gasteiger partial charge in [0.1, 0.15) is 11.6 Å². The van der Waals surface area contributed by atoms with E-state index in [0.29, 0.717) is 23.5 Å². The summed E-state index contributed by atoms with van der Waals surface area (Å²) in [5.41, 5.74) is 5.22. The Hall–Kier alpha value is -3.62. The molecule has 7 nitrogen and oxygen atoms in total. The third-order valence-electron chi connectivity index (χ3n) is 6.68. The number of halogens is 1. The number of nitrogens with zero attached hydrogens (tertiary/aromatic N) is 4. The quantitative estimate of drug-likeness (QED) is 0.426. The second kappa shape index (κ2) is 9.79. The molecule has 0 radical (unpaired) electrons. The first-order valence-corrected chi connectivity index (χ1v) is 12.2. The molecule has 1 atom stereocenters. The molecule has 3 heterocycles. The topological polar surface area (TPSA) is 83.3 Å². The number of hydrogen-bond donors (Lipinski definition) is 2. The van der Waals surface area contributed by atoms with E-state index in [1.807, 2.05) is 6.20 Å². The van der Waals surface area contributed by atoms with Crippen molar-refractivity contribution < 1.29 is 9.50 Å². The SMILES string of the molecule is Cc1cc(C)cc(-c2cnc3cnn(-c4cc(O)cc(F)c4)c(=O)c3c2CN(C)C[C@@H]2CCCN2)c1. The molecule has 0 bridgehead atoms. The Labute approximate surface area is 209 Å². The maximum atomic E-state index is 14.0. The summed E-state index contributed by atoms with van der Waals surface area (Å²) in [6, 6.07) is 10.2. The van der Waals surface area contributed by atoms with Gasteiger partial charge in [0.05, 0.1) is 22.8 Å². The van der Waals surface area contributed by atoms with E-state index in [1.165, 1.54) is 24.8 Å². The molecule has 5 rings (SSSR count). The molecule has 2 aromatic heterocycles. The molecular formula is C28H30FN5O2. The number of aromatic hydroxyl groups is 1. The highest BCUT2D eigenvalue weighted by atomic mass is 19.1. The zero-order valence-electron chi connectivity index (χ0n) is 20.8. The summed E-state index contributed by atoms with van der Waals surface area (Å²) in [6.07, 6.45) is 5.63. The van der Waals surface area contributed by atoms with E-state index in [4.69, 9.17) is 0 Å². The van der Waals surface area contributed by atoms with Gasteiger partial charge in [0.15, 0.2) is 0 Å². The van der Waals surface area contributed by atoms with Crippen LogP contribution in [-0.4, -0.2) is 50.9 Å². The van der Waals surface area contributed by atoms with Gasteiger partial charge >= 0.3 is 0 Å². The number of phenols is 1. The van der Waals surface area contributed by atoms with Crippen LogP contribution in [0.5, 0.6) is 5.75 Å². The zero-order chi connectivity index (χ0) is 25.4. The molecule has 1 aliphatic rings. The molecule has 2 N–H and O–H groups in total. The summed E-state index contributed by atoms with van der Waals surface area (Å²) < 4.78 is 15.2. The second-order valence-corrected chi connectivity index (χ2v) is 9.81. The molecule has 1 saturated heterocycles.